The van der Waals surface area contributed by atoms with E-state index < -0.39 is 76.3 Å². The number of fused-ring (bicyclic) bond motifs is 1. The summed E-state index contributed by atoms with van der Waals surface area (Å²) in [6, 6.07) is -1.16. The molecule has 0 bridgehead atoms. The molecule has 2 aliphatic rings. The summed E-state index contributed by atoms with van der Waals surface area (Å²) in [7, 11) is 2.16. The summed E-state index contributed by atoms with van der Waals surface area (Å²) < 4.78 is 27.1. The summed E-state index contributed by atoms with van der Waals surface area (Å²) in [5.74, 6) is -3.05. The van der Waals surface area contributed by atoms with Gasteiger partial charge in [-0.15, -0.1) is 22.9 Å². The molecule has 3 amide bonds. The number of anilines is 1. The highest BCUT2D eigenvalue weighted by atomic mass is 35.5. The van der Waals surface area contributed by atoms with Crippen molar-refractivity contribution in [3.8, 4) is 0 Å². The monoisotopic (exact) mass is 629 g/mol. The van der Waals surface area contributed by atoms with Crippen molar-refractivity contribution >= 4 is 90.9 Å². The van der Waals surface area contributed by atoms with E-state index in [1.54, 1.807) is 20.8 Å². The highest BCUT2D eigenvalue weighted by Gasteiger charge is 2.57. The van der Waals surface area contributed by atoms with Crippen molar-refractivity contribution in [2.24, 2.45) is 5.16 Å². The second-order valence-corrected chi connectivity index (χ2v) is 12.2. The van der Waals surface area contributed by atoms with Crippen LogP contribution in [0.2, 0.25) is 0 Å². The number of β-lactam (4-membered cyclic amide) rings is 1. The first-order valence-corrected chi connectivity index (χ1v) is 14.7. The average Bonchev–Trinajstić information content (AvgIpc) is 3.36. The summed E-state index contributed by atoms with van der Waals surface area (Å²) in [5.41, 5.74) is -0.795. The number of nitrogens with one attached hydrogen (secondary N) is 2. The van der Waals surface area contributed by atoms with Gasteiger partial charge in [0.25, 0.3) is 17.8 Å². The Labute approximate surface area is 248 Å². The molecule has 0 aromatic carbocycles. The summed E-state index contributed by atoms with van der Waals surface area (Å²) in [5, 5.41) is 9.21. The van der Waals surface area contributed by atoms with Gasteiger partial charge in [0.2, 0.25) is 11.5 Å². The second kappa shape index (κ2) is 13.6. The summed E-state index contributed by atoms with van der Waals surface area (Å²) in [6.45, 7) is 5.02. The fourth-order valence-electron chi connectivity index (χ4n) is 3.50. The van der Waals surface area contributed by atoms with Crippen LogP contribution in [0, 0.1) is 0 Å². The van der Waals surface area contributed by atoms with Gasteiger partial charge in [-0.3, -0.25) is 24.6 Å². The van der Waals surface area contributed by atoms with E-state index in [1.165, 1.54) is 16.5 Å². The number of aromatic nitrogens is 1. The molecule has 15 nitrogen and oxygen atoms in total. The maximum Gasteiger partial charge on any atom is 0.413 e. The largest absolute Gasteiger partial charge is 0.614 e. The lowest BCUT2D eigenvalue weighted by Gasteiger charge is -2.46. The standard InChI is InChI=1S/C21H26B2ClN5O10S2/c1-21(2,3)36-20(34)27-19-25-10(7-40-19)13(28-39-11(18(33)38-23)4-12(30)37-22)15(31)26-14-16(32)29-6-9(5-24)8-41(35)17(14)29/h6-7,11,14,17H,4-5,8,22-23H2,1-3H3,(H,26,31)(H,25,27,34)/b28-13-/t11-,14+,17+,41?/m0/s1. The Morgan fingerprint density at radius 2 is 2.02 bits per heavy atom. The minimum absolute atomic E-state index is 0.0341. The topological polar surface area (TPSA) is 198 Å². The van der Waals surface area contributed by atoms with Crippen LogP contribution in [-0.2, 0) is 49.2 Å². The van der Waals surface area contributed by atoms with E-state index in [0.717, 1.165) is 27.4 Å². The Balaban J connectivity index is 1.87. The van der Waals surface area contributed by atoms with Crippen molar-refractivity contribution in [2.45, 2.75) is 50.3 Å². The molecule has 0 spiro atoms. The molecule has 1 saturated heterocycles. The van der Waals surface area contributed by atoms with Crippen LogP contribution in [0.25, 0.3) is 0 Å². The van der Waals surface area contributed by atoms with Crippen molar-refractivity contribution in [1.82, 2.24) is 15.2 Å². The molecule has 0 radical (unpaired) electrons. The van der Waals surface area contributed by atoms with E-state index in [2.05, 4.69) is 30.1 Å². The lowest BCUT2D eigenvalue weighted by Crippen LogP contribution is -2.73. The van der Waals surface area contributed by atoms with Gasteiger partial charge < -0.3 is 28.8 Å². The number of thiazole rings is 1. The minimum Gasteiger partial charge on any atom is -0.614 e. The van der Waals surface area contributed by atoms with Gasteiger partial charge in [-0.25, -0.2) is 14.6 Å². The fraction of sp³-hybridized carbons (Fsp3) is 0.476. The maximum absolute atomic E-state index is 13.4. The molecule has 3 rings (SSSR count). The Morgan fingerprint density at radius 1 is 1.32 bits per heavy atom. The smallest absolute Gasteiger partial charge is 0.413 e. The zero-order valence-electron chi connectivity index (χ0n) is 22.6. The van der Waals surface area contributed by atoms with Gasteiger partial charge in [0.05, 0.1) is 6.42 Å². The molecule has 1 aromatic heterocycles. The third-order valence-electron chi connectivity index (χ3n) is 5.34. The predicted molar refractivity (Wildman–Crippen MR) is 152 cm³/mol. The number of oxime groups is 1. The van der Waals surface area contributed by atoms with Crippen molar-refractivity contribution in [3.63, 3.8) is 0 Å². The number of nitrogens with zero attached hydrogens (tertiary/aromatic N) is 3. The molecule has 1 unspecified atom stereocenters. The van der Waals surface area contributed by atoms with Crippen LogP contribution in [-0.4, -0.2) is 101 Å². The van der Waals surface area contributed by atoms with E-state index in [4.69, 9.17) is 21.2 Å². The van der Waals surface area contributed by atoms with Crippen LogP contribution >= 0.6 is 22.9 Å². The average molecular weight is 630 g/mol. The van der Waals surface area contributed by atoms with Gasteiger partial charge in [0.1, 0.15) is 17.0 Å². The normalized spacial score (nSPS) is 21.0. The molecule has 3 heterocycles. The van der Waals surface area contributed by atoms with E-state index in [-0.39, 0.29) is 22.5 Å². The van der Waals surface area contributed by atoms with Crippen molar-refractivity contribution in [3.05, 3.63) is 22.8 Å². The molecule has 41 heavy (non-hydrogen) atoms. The number of halogens is 1. The Bertz CT molecular complexity index is 1270. The fourth-order valence-corrected chi connectivity index (χ4v) is 6.08. The van der Waals surface area contributed by atoms with E-state index in [9.17, 15) is 28.5 Å². The van der Waals surface area contributed by atoms with Crippen LogP contribution in [0.4, 0.5) is 9.93 Å². The molecular weight excluding hydrogens is 603 g/mol. The van der Waals surface area contributed by atoms with Crippen LogP contribution in [0.3, 0.4) is 0 Å². The second-order valence-electron chi connectivity index (χ2n) is 9.54. The van der Waals surface area contributed by atoms with Gasteiger partial charge in [0, 0.05) is 23.0 Å². The molecule has 220 valence electrons. The first kappa shape index (κ1) is 32.2. The predicted octanol–water partition coefficient (Wildman–Crippen LogP) is -1.31. The molecule has 2 N–H and O–H groups in total. The number of carbonyl (C=O) groups excluding carboxylic acids is 5. The van der Waals surface area contributed by atoms with Crippen molar-refractivity contribution in [1.29, 1.82) is 0 Å². The molecule has 1 fully saturated rings. The highest BCUT2D eigenvalue weighted by Crippen LogP contribution is 2.32. The number of rotatable bonds is 10. The Hall–Kier alpha value is -3.28. The molecular formula is C21H26B2ClN5O10S2. The number of alkyl halides is 1. The molecule has 4 atom stereocenters. The maximum atomic E-state index is 13.4. The zero-order chi connectivity index (χ0) is 30.5. The van der Waals surface area contributed by atoms with E-state index >= 15 is 0 Å². The van der Waals surface area contributed by atoms with Crippen molar-refractivity contribution in [2.75, 3.05) is 16.9 Å². The highest BCUT2D eigenvalue weighted by molar-refractivity contribution is 7.92. The van der Waals surface area contributed by atoms with Gasteiger partial charge in [-0.2, -0.15) is 0 Å². The molecule has 0 aliphatic carbocycles. The van der Waals surface area contributed by atoms with Crippen LogP contribution in [0.1, 0.15) is 32.9 Å². The third-order valence-corrected chi connectivity index (χ3v) is 8.14. The number of amides is 3. The van der Waals surface area contributed by atoms with Crippen LogP contribution in [0.15, 0.2) is 22.3 Å². The van der Waals surface area contributed by atoms with E-state index in [0.29, 0.717) is 5.57 Å². The van der Waals surface area contributed by atoms with Gasteiger partial charge >= 0.3 is 28.2 Å². The Kier molecular flexibility index (Phi) is 10.7. The van der Waals surface area contributed by atoms with Crippen molar-refractivity contribution < 1.29 is 47.4 Å². The molecule has 1 aromatic rings. The number of carbonyl (C=O) groups is 5. The van der Waals surface area contributed by atoms with Gasteiger partial charge in [0.15, 0.2) is 16.9 Å². The minimum atomic E-state index is -1.58. The van der Waals surface area contributed by atoms with E-state index in [1.807, 2.05) is 0 Å². The van der Waals surface area contributed by atoms with Gasteiger partial charge in [-0.1, -0.05) is 5.16 Å². The van der Waals surface area contributed by atoms with Crippen LogP contribution < -0.4 is 10.6 Å². The molecule has 20 heteroatoms. The van der Waals surface area contributed by atoms with Crippen LogP contribution in [0.5, 0.6) is 0 Å². The summed E-state index contributed by atoms with van der Waals surface area (Å²) in [6.07, 6.45) is -1.47. The first-order chi connectivity index (χ1) is 19.3. The number of ether oxygens (including phenoxy) is 1. The Morgan fingerprint density at radius 3 is 2.63 bits per heavy atom. The number of hydrogen-bond donors (Lipinski definition) is 2. The van der Waals surface area contributed by atoms with Gasteiger partial charge in [-0.05, 0) is 31.9 Å². The molecule has 0 saturated carbocycles. The first-order valence-electron chi connectivity index (χ1n) is 11.9. The SMILES string of the molecule is BOC(=O)C[C@H](O/N=C(\C(=O)N[C@@H]1C(=O)N2C=C(CCl)C[S+]([O-])[C@H]12)c1csc(NC(=O)OC(C)(C)C)n1)C(=O)OB. The molecule has 2 aliphatic heterocycles. The quantitative estimate of drug-likeness (QED) is 0.0778. The summed E-state index contributed by atoms with van der Waals surface area (Å²) in [4.78, 5) is 72.7. The number of hydrogen-bond acceptors (Lipinski definition) is 13. The lowest BCUT2D eigenvalue weighted by molar-refractivity contribution is -0.153. The third kappa shape index (κ3) is 8.14. The lowest BCUT2D eigenvalue weighted by atomic mass is 10.1. The zero-order valence-corrected chi connectivity index (χ0v) is 25.0. The summed E-state index contributed by atoms with van der Waals surface area (Å²) >= 11 is 5.20.